The molecule has 13 heteroatoms. The van der Waals surface area contributed by atoms with Crippen molar-refractivity contribution in [1.29, 1.82) is 10.5 Å². The molecule has 6 aromatic carbocycles. The molecule has 0 saturated heterocycles. The molecule has 8 aromatic rings. The molecule has 266 valence electrons. The number of nitriles is 2. The molecular formula is C41H19F9N4. The summed E-state index contributed by atoms with van der Waals surface area (Å²) < 4.78 is 135. The SMILES string of the molecule is N#Cc1cc(C#N)cc(-c2cc(-n3c4ccccc4c4ccc(C(F)(F)F)cc43)c(C(F)(F)F)c(-n3c4ccccc4c4ccc(C(F)(F)F)cc43)c2)c1. The number of alkyl halides is 9. The summed E-state index contributed by atoms with van der Waals surface area (Å²) in [5.41, 5.74) is -4.99. The second kappa shape index (κ2) is 11.9. The van der Waals surface area contributed by atoms with E-state index in [-0.39, 0.29) is 55.1 Å². The lowest BCUT2D eigenvalue weighted by molar-refractivity contribution is -0.138. The predicted octanol–water partition coefficient (Wildman–Crippen LogP) is 12.3. The van der Waals surface area contributed by atoms with Crippen molar-refractivity contribution in [1.82, 2.24) is 9.13 Å². The van der Waals surface area contributed by atoms with E-state index in [0.717, 1.165) is 45.5 Å². The number of aromatic nitrogens is 2. The van der Waals surface area contributed by atoms with Gasteiger partial charge in [-0.25, -0.2) is 0 Å². The van der Waals surface area contributed by atoms with E-state index in [1.807, 2.05) is 12.1 Å². The molecule has 4 nitrogen and oxygen atoms in total. The van der Waals surface area contributed by atoms with Gasteiger partial charge < -0.3 is 9.13 Å². The Labute approximate surface area is 298 Å². The van der Waals surface area contributed by atoms with Gasteiger partial charge in [-0.1, -0.05) is 48.5 Å². The van der Waals surface area contributed by atoms with Crippen LogP contribution in [0.2, 0.25) is 0 Å². The van der Waals surface area contributed by atoms with Crippen LogP contribution in [0.3, 0.4) is 0 Å². The zero-order chi connectivity index (χ0) is 38.3. The number of benzene rings is 6. The van der Waals surface area contributed by atoms with Crippen molar-refractivity contribution in [3.8, 4) is 34.6 Å². The highest BCUT2D eigenvalue weighted by Gasteiger charge is 2.40. The van der Waals surface area contributed by atoms with Gasteiger partial charge in [0.15, 0.2) is 0 Å². The van der Waals surface area contributed by atoms with Crippen LogP contribution in [0, 0.1) is 22.7 Å². The van der Waals surface area contributed by atoms with Crippen LogP contribution in [0.15, 0.2) is 115 Å². The molecule has 0 bridgehead atoms. The van der Waals surface area contributed by atoms with Crippen LogP contribution < -0.4 is 0 Å². The van der Waals surface area contributed by atoms with E-state index in [1.165, 1.54) is 54.6 Å². The molecule has 2 heterocycles. The van der Waals surface area contributed by atoms with Crippen LogP contribution in [0.5, 0.6) is 0 Å². The summed E-state index contributed by atoms with van der Waals surface area (Å²) in [6, 6.07) is 27.7. The lowest BCUT2D eigenvalue weighted by Gasteiger charge is -2.23. The van der Waals surface area contributed by atoms with E-state index in [4.69, 9.17) is 0 Å². The molecule has 0 aliphatic heterocycles. The fraction of sp³-hybridized carbons (Fsp3) is 0.0732. The molecule has 8 rings (SSSR count). The molecule has 0 fully saturated rings. The van der Waals surface area contributed by atoms with Crippen LogP contribution in [0.1, 0.15) is 27.8 Å². The summed E-state index contributed by atoms with van der Waals surface area (Å²) in [7, 11) is 0. The largest absolute Gasteiger partial charge is 0.420 e. The highest BCUT2D eigenvalue weighted by atomic mass is 19.4. The third-order valence-electron chi connectivity index (χ3n) is 9.39. The number of halogens is 9. The van der Waals surface area contributed by atoms with Gasteiger partial charge in [0.1, 0.15) is 5.56 Å². The first kappa shape index (κ1) is 34.4. The first-order valence-corrected chi connectivity index (χ1v) is 16.0. The molecule has 0 unspecified atom stereocenters. The zero-order valence-corrected chi connectivity index (χ0v) is 27.2. The normalized spacial score (nSPS) is 12.5. The van der Waals surface area contributed by atoms with Crippen molar-refractivity contribution in [2.75, 3.05) is 0 Å². The molecule has 0 N–H and O–H groups in total. The number of rotatable bonds is 3. The standard InChI is InChI=1S/C41H19F9N4/c42-39(43,44)26-9-11-30-28-5-1-3-7-32(28)53(34(30)18-26)36-16-25(24-14-22(20-51)13-23(15-24)21-52)17-37(38(36)41(48,49)50)54-33-8-4-2-6-29(33)31-12-10-27(19-35(31)54)40(45,46)47/h1-19H. The number of hydrogen-bond donors (Lipinski definition) is 0. The molecule has 0 atom stereocenters. The van der Waals surface area contributed by atoms with E-state index in [2.05, 4.69) is 0 Å². The Morgan fingerprint density at radius 3 is 1.19 bits per heavy atom. The summed E-state index contributed by atoms with van der Waals surface area (Å²) in [5.74, 6) is 0. The highest BCUT2D eigenvalue weighted by molar-refractivity contribution is 6.11. The van der Waals surface area contributed by atoms with E-state index in [0.29, 0.717) is 10.8 Å². The van der Waals surface area contributed by atoms with Crippen molar-refractivity contribution in [3.05, 3.63) is 143 Å². The van der Waals surface area contributed by atoms with Gasteiger partial charge in [0.05, 0.1) is 67.8 Å². The molecular weight excluding hydrogens is 719 g/mol. The third kappa shape index (κ3) is 5.48. The maximum absolute atomic E-state index is 15.9. The van der Waals surface area contributed by atoms with Crippen molar-refractivity contribution in [3.63, 3.8) is 0 Å². The van der Waals surface area contributed by atoms with Gasteiger partial charge in [0.25, 0.3) is 0 Å². The maximum Gasteiger partial charge on any atom is 0.420 e. The number of para-hydroxylation sites is 2. The van der Waals surface area contributed by atoms with Crippen LogP contribution in [0.25, 0.3) is 66.1 Å². The Balaban J connectivity index is 1.62. The monoisotopic (exact) mass is 738 g/mol. The number of nitrogens with zero attached hydrogens (tertiary/aromatic N) is 4. The average molecular weight is 739 g/mol. The number of hydrogen-bond acceptors (Lipinski definition) is 2. The Morgan fingerprint density at radius 1 is 0.407 bits per heavy atom. The molecule has 0 saturated carbocycles. The summed E-state index contributed by atoms with van der Waals surface area (Å²) in [6.07, 6.45) is -15.0. The van der Waals surface area contributed by atoms with Crippen molar-refractivity contribution in [2.24, 2.45) is 0 Å². The minimum atomic E-state index is -5.26. The van der Waals surface area contributed by atoms with Gasteiger partial charge in [0.2, 0.25) is 0 Å². The van der Waals surface area contributed by atoms with E-state index < -0.39 is 46.6 Å². The summed E-state index contributed by atoms with van der Waals surface area (Å²) in [6.45, 7) is 0. The summed E-state index contributed by atoms with van der Waals surface area (Å²) in [5, 5.41) is 20.6. The molecule has 0 aliphatic carbocycles. The maximum atomic E-state index is 15.9. The molecule has 2 aromatic heterocycles. The Kier molecular flexibility index (Phi) is 7.57. The van der Waals surface area contributed by atoms with Gasteiger partial charge >= 0.3 is 18.5 Å². The minimum Gasteiger partial charge on any atom is -0.309 e. The van der Waals surface area contributed by atoms with Gasteiger partial charge in [-0.05, 0) is 77.9 Å². The van der Waals surface area contributed by atoms with Crippen LogP contribution in [0.4, 0.5) is 39.5 Å². The van der Waals surface area contributed by atoms with Crippen molar-refractivity contribution < 1.29 is 39.5 Å². The quantitative estimate of drug-likeness (QED) is 0.170. The van der Waals surface area contributed by atoms with Gasteiger partial charge in [0, 0.05) is 21.5 Å². The Bertz CT molecular complexity index is 2740. The molecule has 0 spiro atoms. The van der Waals surface area contributed by atoms with E-state index in [1.54, 1.807) is 24.3 Å². The lowest BCUT2D eigenvalue weighted by atomic mass is 9.96. The van der Waals surface area contributed by atoms with Crippen LogP contribution >= 0.6 is 0 Å². The number of fused-ring (bicyclic) bond motifs is 6. The summed E-state index contributed by atoms with van der Waals surface area (Å²) >= 11 is 0. The fourth-order valence-electron chi connectivity index (χ4n) is 7.16. The van der Waals surface area contributed by atoms with Gasteiger partial charge in [-0.3, -0.25) is 0 Å². The van der Waals surface area contributed by atoms with Gasteiger partial charge in [-0.15, -0.1) is 0 Å². The van der Waals surface area contributed by atoms with Crippen molar-refractivity contribution in [2.45, 2.75) is 18.5 Å². The molecule has 0 radical (unpaired) electrons. The molecule has 0 amide bonds. The first-order chi connectivity index (χ1) is 25.6. The smallest absolute Gasteiger partial charge is 0.309 e. The Morgan fingerprint density at radius 2 is 0.796 bits per heavy atom. The third-order valence-corrected chi connectivity index (χ3v) is 9.39. The van der Waals surface area contributed by atoms with Gasteiger partial charge in [-0.2, -0.15) is 50.0 Å². The second-order valence-electron chi connectivity index (χ2n) is 12.6. The predicted molar refractivity (Wildman–Crippen MR) is 185 cm³/mol. The highest BCUT2D eigenvalue weighted by Crippen LogP contribution is 2.47. The first-order valence-electron chi connectivity index (χ1n) is 16.0. The fourth-order valence-corrected chi connectivity index (χ4v) is 7.16. The van der Waals surface area contributed by atoms with Crippen LogP contribution in [-0.2, 0) is 18.5 Å². The zero-order valence-electron chi connectivity index (χ0n) is 27.2. The minimum absolute atomic E-state index is 0.00239. The topological polar surface area (TPSA) is 57.4 Å². The van der Waals surface area contributed by atoms with E-state index >= 15 is 13.2 Å². The van der Waals surface area contributed by atoms with Crippen LogP contribution in [-0.4, -0.2) is 9.13 Å². The summed E-state index contributed by atoms with van der Waals surface area (Å²) in [4.78, 5) is 0. The molecule has 54 heavy (non-hydrogen) atoms. The average Bonchev–Trinajstić information content (AvgIpc) is 3.65. The lowest BCUT2D eigenvalue weighted by Crippen LogP contribution is -2.16. The molecule has 0 aliphatic rings. The Hall–Kier alpha value is -6.73. The van der Waals surface area contributed by atoms with E-state index in [9.17, 15) is 36.9 Å². The van der Waals surface area contributed by atoms with Crippen molar-refractivity contribution >= 4 is 43.6 Å². The second-order valence-corrected chi connectivity index (χ2v) is 12.6.